The lowest BCUT2D eigenvalue weighted by Crippen LogP contribution is -2.38. The van der Waals surface area contributed by atoms with E-state index in [0.29, 0.717) is 6.04 Å². The van der Waals surface area contributed by atoms with Gasteiger partial charge in [-0.3, -0.25) is 0 Å². The first kappa shape index (κ1) is 13.9. The average Bonchev–Trinajstić information content (AvgIpc) is 2.82. The zero-order chi connectivity index (χ0) is 12.8. The Hall–Kier alpha value is -0.570. The van der Waals surface area contributed by atoms with Crippen LogP contribution in [0.2, 0.25) is 5.02 Å². The number of hydrogen-bond donors (Lipinski definition) is 1. The van der Waals surface area contributed by atoms with Crippen molar-refractivity contribution in [1.82, 2.24) is 10.2 Å². The van der Waals surface area contributed by atoms with Crippen molar-refractivity contribution in [3.8, 4) is 0 Å². The van der Waals surface area contributed by atoms with Crippen molar-refractivity contribution in [2.45, 2.75) is 32.2 Å². The minimum Gasteiger partial charge on any atom is -0.313 e. The van der Waals surface area contributed by atoms with Crippen LogP contribution in [0.4, 0.5) is 0 Å². The Balaban J connectivity index is 1.65. The van der Waals surface area contributed by atoms with Gasteiger partial charge in [0.2, 0.25) is 0 Å². The highest BCUT2D eigenvalue weighted by molar-refractivity contribution is 6.30. The van der Waals surface area contributed by atoms with Gasteiger partial charge in [0.1, 0.15) is 0 Å². The Morgan fingerprint density at radius 2 is 2.11 bits per heavy atom. The van der Waals surface area contributed by atoms with E-state index in [2.05, 4.69) is 23.2 Å². The summed E-state index contributed by atoms with van der Waals surface area (Å²) in [6.45, 7) is 7.03. The van der Waals surface area contributed by atoms with E-state index in [1.165, 1.54) is 38.0 Å². The largest absolute Gasteiger partial charge is 0.313 e. The summed E-state index contributed by atoms with van der Waals surface area (Å²) in [4.78, 5) is 2.55. The molecule has 1 unspecified atom stereocenters. The third-order valence-corrected chi connectivity index (χ3v) is 3.76. The summed E-state index contributed by atoms with van der Waals surface area (Å²) in [5.41, 5.74) is 1.31. The molecule has 18 heavy (non-hydrogen) atoms. The quantitative estimate of drug-likeness (QED) is 0.852. The number of rotatable bonds is 6. The van der Waals surface area contributed by atoms with Gasteiger partial charge in [-0.15, -0.1) is 0 Å². The van der Waals surface area contributed by atoms with Crippen molar-refractivity contribution in [3.63, 3.8) is 0 Å². The van der Waals surface area contributed by atoms with Gasteiger partial charge in [-0.2, -0.15) is 0 Å². The van der Waals surface area contributed by atoms with Crippen molar-refractivity contribution in [2.75, 3.05) is 26.2 Å². The molecule has 0 bridgehead atoms. The van der Waals surface area contributed by atoms with Crippen molar-refractivity contribution >= 4 is 11.6 Å². The molecule has 0 saturated carbocycles. The fourth-order valence-electron chi connectivity index (χ4n) is 2.57. The van der Waals surface area contributed by atoms with Gasteiger partial charge in [-0.1, -0.05) is 23.7 Å². The van der Waals surface area contributed by atoms with Crippen molar-refractivity contribution in [2.24, 2.45) is 0 Å². The van der Waals surface area contributed by atoms with Crippen LogP contribution in [-0.2, 0) is 6.42 Å². The van der Waals surface area contributed by atoms with Crippen LogP contribution < -0.4 is 5.32 Å². The lowest BCUT2D eigenvalue weighted by atomic mass is 10.1. The maximum atomic E-state index is 5.97. The molecule has 1 N–H and O–H groups in total. The normalized spacial score (nSPS) is 18.1. The molecule has 1 atom stereocenters. The molecule has 1 aliphatic heterocycles. The highest BCUT2D eigenvalue weighted by Gasteiger charge is 2.13. The summed E-state index contributed by atoms with van der Waals surface area (Å²) in [5, 5.41) is 4.42. The Bertz CT molecular complexity index is 361. The van der Waals surface area contributed by atoms with Gasteiger partial charge in [0.25, 0.3) is 0 Å². The summed E-state index contributed by atoms with van der Waals surface area (Å²) in [6.07, 6.45) is 3.79. The second-order valence-corrected chi connectivity index (χ2v) is 5.68. The Labute approximate surface area is 115 Å². The predicted octanol–water partition coefficient (Wildman–Crippen LogP) is 2.96. The molecule has 1 aromatic rings. The van der Waals surface area contributed by atoms with Crippen LogP contribution in [0.1, 0.15) is 25.3 Å². The summed E-state index contributed by atoms with van der Waals surface area (Å²) >= 11 is 5.97. The van der Waals surface area contributed by atoms with Crippen LogP contribution in [0.5, 0.6) is 0 Å². The number of halogens is 1. The van der Waals surface area contributed by atoms with E-state index in [1.54, 1.807) is 0 Å². The molecule has 1 fully saturated rings. The van der Waals surface area contributed by atoms with E-state index >= 15 is 0 Å². The minimum absolute atomic E-state index is 0.572. The van der Waals surface area contributed by atoms with Crippen LogP contribution >= 0.6 is 11.6 Å². The first-order chi connectivity index (χ1) is 8.74. The molecule has 3 heteroatoms. The zero-order valence-corrected chi connectivity index (χ0v) is 11.9. The summed E-state index contributed by atoms with van der Waals surface area (Å²) in [5.74, 6) is 0. The first-order valence-electron chi connectivity index (χ1n) is 6.94. The standard InChI is InChI=1S/C15H23ClN2/c1-13(12-18-9-2-3-10-18)17-8-7-14-5-4-6-15(16)11-14/h4-6,11,13,17H,2-3,7-10,12H2,1H3. The van der Waals surface area contributed by atoms with Crippen LogP contribution in [-0.4, -0.2) is 37.1 Å². The number of likely N-dealkylation sites (tertiary alicyclic amines) is 1. The van der Waals surface area contributed by atoms with Crippen LogP contribution in [0.15, 0.2) is 24.3 Å². The fourth-order valence-corrected chi connectivity index (χ4v) is 2.79. The van der Waals surface area contributed by atoms with Crippen LogP contribution in [0.3, 0.4) is 0 Å². The SMILES string of the molecule is CC(CN1CCCC1)NCCc1cccc(Cl)c1. The molecule has 1 heterocycles. The first-order valence-corrected chi connectivity index (χ1v) is 7.32. The van der Waals surface area contributed by atoms with Gasteiger partial charge < -0.3 is 10.2 Å². The van der Waals surface area contributed by atoms with Crippen LogP contribution in [0.25, 0.3) is 0 Å². The molecule has 0 spiro atoms. The molecular weight excluding hydrogens is 244 g/mol. The molecular formula is C15H23ClN2. The van der Waals surface area contributed by atoms with Gasteiger partial charge in [0.05, 0.1) is 0 Å². The Morgan fingerprint density at radius 3 is 2.83 bits per heavy atom. The molecule has 0 amide bonds. The maximum absolute atomic E-state index is 5.97. The van der Waals surface area contributed by atoms with Crippen molar-refractivity contribution in [3.05, 3.63) is 34.9 Å². The number of hydrogen-bond acceptors (Lipinski definition) is 2. The predicted molar refractivity (Wildman–Crippen MR) is 78.3 cm³/mol. The van der Waals surface area contributed by atoms with Crippen molar-refractivity contribution in [1.29, 1.82) is 0 Å². The topological polar surface area (TPSA) is 15.3 Å². The molecule has 2 nitrogen and oxygen atoms in total. The highest BCUT2D eigenvalue weighted by atomic mass is 35.5. The third kappa shape index (κ3) is 4.60. The third-order valence-electron chi connectivity index (χ3n) is 3.53. The molecule has 0 aromatic heterocycles. The van der Waals surface area contributed by atoms with Gasteiger partial charge in [0.15, 0.2) is 0 Å². The lowest BCUT2D eigenvalue weighted by Gasteiger charge is -2.21. The Morgan fingerprint density at radius 1 is 1.33 bits per heavy atom. The summed E-state index contributed by atoms with van der Waals surface area (Å²) in [6, 6.07) is 8.70. The second-order valence-electron chi connectivity index (χ2n) is 5.24. The van der Waals surface area contributed by atoms with Crippen molar-refractivity contribution < 1.29 is 0 Å². The summed E-state index contributed by atoms with van der Waals surface area (Å²) < 4.78 is 0. The minimum atomic E-state index is 0.572. The smallest absolute Gasteiger partial charge is 0.0408 e. The van der Waals surface area contributed by atoms with E-state index in [0.717, 1.165) is 18.0 Å². The van der Waals surface area contributed by atoms with E-state index in [-0.39, 0.29) is 0 Å². The second kappa shape index (κ2) is 7.13. The fraction of sp³-hybridized carbons (Fsp3) is 0.600. The monoisotopic (exact) mass is 266 g/mol. The molecule has 0 radical (unpaired) electrons. The highest BCUT2D eigenvalue weighted by Crippen LogP contribution is 2.11. The number of nitrogens with zero attached hydrogens (tertiary/aromatic N) is 1. The van der Waals surface area contributed by atoms with E-state index < -0.39 is 0 Å². The van der Waals surface area contributed by atoms with Gasteiger partial charge >= 0.3 is 0 Å². The lowest BCUT2D eigenvalue weighted by molar-refractivity contribution is 0.299. The van der Waals surface area contributed by atoms with Gasteiger partial charge in [-0.25, -0.2) is 0 Å². The molecule has 1 aliphatic rings. The zero-order valence-electron chi connectivity index (χ0n) is 11.2. The van der Waals surface area contributed by atoms with E-state index in [4.69, 9.17) is 11.6 Å². The van der Waals surface area contributed by atoms with Gasteiger partial charge in [0, 0.05) is 17.6 Å². The molecule has 1 saturated heterocycles. The molecule has 1 aromatic carbocycles. The summed E-state index contributed by atoms with van der Waals surface area (Å²) in [7, 11) is 0. The number of benzene rings is 1. The molecule has 100 valence electrons. The Kier molecular flexibility index (Phi) is 5.48. The maximum Gasteiger partial charge on any atom is 0.0408 e. The van der Waals surface area contributed by atoms with E-state index in [9.17, 15) is 0 Å². The van der Waals surface area contributed by atoms with E-state index in [1.807, 2.05) is 18.2 Å². The number of nitrogens with one attached hydrogen (secondary N) is 1. The van der Waals surface area contributed by atoms with Gasteiger partial charge in [-0.05, 0) is 63.5 Å². The molecule has 2 rings (SSSR count). The van der Waals surface area contributed by atoms with Crippen LogP contribution in [0, 0.1) is 0 Å². The molecule has 0 aliphatic carbocycles. The average molecular weight is 267 g/mol.